The van der Waals surface area contributed by atoms with Gasteiger partial charge in [-0.15, -0.1) is 0 Å². The van der Waals surface area contributed by atoms with E-state index < -0.39 is 0 Å². The first-order valence-electron chi connectivity index (χ1n) is 7.00. The van der Waals surface area contributed by atoms with Gasteiger partial charge in [0.2, 0.25) is 0 Å². The summed E-state index contributed by atoms with van der Waals surface area (Å²) in [7, 11) is 2.00. The summed E-state index contributed by atoms with van der Waals surface area (Å²) in [4.78, 5) is 4.67. The van der Waals surface area contributed by atoms with Crippen molar-refractivity contribution >= 4 is 16.7 Å². The normalized spacial score (nSPS) is 12.6. The molecule has 0 amide bonds. The maximum absolute atomic E-state index is 13.4. The van der Waals surface area contributed by atoms with Gasteiger partial charge in [0.15, 0.2) is 0 Å². The van der Waals surface area contributed by atoms with Crippen molar-refractivity contribution in [3.63, 3.8) is 0 Å². The molecule has 1 aromatic heterocycles. The Morgan fingerprint density at radius 1 is 1.19 bits per heavy atom. The maximum Gasteiger partial charge on any atom is 0.131 e. The molecule has 3 aromatic rings. The highest BCUT2D eigenvalue weighted by Gasteiger charge is 2.15. The van der Waals surface area contributed by atoms with E-state index in [9.17, 15) is 4.39 Å². The second-order valence-corrected chi connectivity index (χ2v) is 5.34. The lowest BCUT2D eigenvalue weighted by Crippen LogP contribution is -2.12. The molecule has 0 radical (unpaired) electrons. The van der Waals surface area contributed by atoms with Gasteiger partial charge in [0.25, 0.3) is 0 Å². The van der Waals surface area contributed by atoms with Crippen LogP contribution in [0.25, 0.3) is 11.0 Å². The quantitative estimate of drug-likeness (QED) is 0.781. The van der Waals surface area contributed by atoms with E-state index in [0.717, 1.165) is 28.1 Å². The smallest absolute Gasteiger partial charge is 0.131 e. The molecule has 0 bridgehead atoms. The molecule has 0 saturated heterocycles. The molecular formula is C17H18FN3. The lowest BCUT2D eigenvalue weighted by Gasteiger charge is -2.17. The molecular weight excluding hydrogens is 265 g/mol. The van der Waals surface area contributed by atoms with Crippen molar-refractivity contribution in [2.45, 2.75) is 19.9 Å². The van der Waals surface area contributed by atoms with Crippen LogP contribution in [-0.2, 0) is 7.05 Å². The first kappa shape index (κ1) is 13.6. The molecule has 1 N–H and O–H groups in total. The zero-order valence-electron chi connectivity index (χ0n) is 12.4. The number of para-hydroxylation sites is 2. The van der Waals surface area contributed by atoms with Crippen molar-refractivity contribution in [2.24, 2.45) is 7.05 Å². The maximum atomic E-state index is 13.4. The van der Waals surface area contributed by atoms with E-state index in [2.05, 4.69) is 14.9 Å². The van der Waals surface area contributed by atoms with Crippen molar-refractivity contribution in [1.82, 2.24) is 9.55 Å². The second-order valence-electron chi connectivity index (χ2n) is 5.34. The number of aromatic nitrogens is 2. The van der Waals surface area contributed by atoms with Crippen LogP contribution in [0.4, 0.5) is 10.1 Å². The van der Waals surface area contributed by atoms with E-state index in [-0.39, 0.29) is 11.9 Å². The van der Waals surface area contributed by atoms with Crippen LogP contribution in [0.15, 0.2) is 42.5 Å². The van der Waals surface area contributed by atoms with Gasteiger partial charge in [-0.25, -0.2) is 9.37 Å². The van der Waals surface area contributed by atoms with Crippen molar-refractivity contribution in [2.75, 3.05) is 5.32 Å². The van der Waals surface area contributed by atoms with Crippen LogP contribution in [0.3, 0.4) is 0 Å². The number of rotatable bonds is 3. The van der Waals surface area contributed by atoms with Crippen LogP contribution < -0.4 is 5.32 Å². The lowest BCUT2D eigenvalue weighted by atomic mass is 10.1. The number of nitrogens with zero attached hydrogens (tertiary/aromatic N) is 2. The van der Waals surface area contributed by atoms with Gasteiger partial charge < -0.3 is 9.88 Å². The summed E-state index contributed by atoms with van der Waals surface area (Å²) < 4.78 is 15.5. The van der Waals surface area contributed by atoms with Gasteiger partial charge in [-0.2, -0.15) is 0 Å². The van der Waals surface area contributed by atoms with Gasteiger partial charge in [-0.1, -0.05) is 18.2 Å². The van der Waals surface area contributed by atoms with Gasteiger partial charge >= 0.3 is 0 Å². The van der Waals surface area contributed by atoms with Crippen LogP contribution in [0.2, 0.25) is 0 Å². The standard InChI is InChI=1S/C17H18FN3/c1-11-8-9-13(18)10-15(11)19-12(2)17-20-14-6-4-5-7-16(14)21(17)3/h4-10,12,19H,1-3H3. The minimum atomic E-state index is -0.236. The molecule has 0 aliphatic heterocycles. The average molecular weight is 283 g/mol. The fourth-order valence-electron chi connectivity index (χ4n) is 2.60. The monoisotopic (exact) mass is 283 g/mol. The first-order chi connectivity index (χ1) is 10.1. The van der Waals surface area contributed by atoms with Gasteiger partial charge in [0.1, 0.15) is 11.6 Å². The Balaban J connectivity index is 1.95. The Kier molecular flexibility index (Phi) is 3.37. The Hall–Kier alpha value is -2.36. The second kappa shape index (κ2) is 5.20. The van der Waals surface area contributed by atoms with E-state index in [1.807, 2.05) is 45.2 Å². The van der Waals surface area contributed by atoms with Crippen molar-refractivity contribution in [1.29, 1.82) is 0 Å². The third-order valence-electron chi connectivity index (χ3n) is 3.78. The number of aryl methyl sites for hydroxylation is 2. The number of hydrogen-bond donors (Lipinski definition) is 1. The summed E-state index contributed by atoms with van der Waals surface area (Å²) in [5.74, 6) is 0.695. The number of halogens is 1. The molecule has 3 nitrogen and oxygen atoms in total. The van der Waals surface area contributed by atoms with Crippen molar-refractivity contribution < 1.29 is 4.39 Å². The Labute approximate surface area is 123 Å². The first-order valence-corrected chi connectivity index (χ1v) is 7.00. The van der Waals surface area contributed by atoms with Crippen LogP contribution in [-0.4, -0.2) is 9.55 Å². The highest BCUT2D eigenvalue weighted by atomic mass is 19.1. The van der Waals surface area contributed by atoms with E-state index in [1.165, 1.54) is 12.1 Å². The minimum Gasteiger partial charge on any atom is -0.375 e. The van der Waals surface area contributed by atoms with Crippen LogP contribution in [0.1, 0.15) is 24.4 Å². The summed E-state index contributed by atoms with van der Waals surface area (Å²) in [5, 5.41) is 3.35. The number of benzene rings is 2. The molecule has 0 fully saturated rings. The third kappa shape index (κ3) is 2.49. The highest BCUT2D eigenvalue weighted by Crippen LogP contribution is 2.24. The van der Waals surface area contributed by atoms with Gasteiger partial charge in [-0.05, 0) is 43.7 Å². The molecule has 2 aromatic carbocycles. The Morgan fingerprint density at radius 3 is 2.71 bits per heavy atom. The molecule has 0 aliphatic rings. The predicted molar refractivity (Wildman–Crippen MR) is 83.9 cm³/mol. The van der Waals surface area contributed by atoms with Crippen LogP contribution >= 0.6 is 0 Å². The van der Waals surface area contributed by atoms with Crippen LogP contribution in [0, 0.1) is 12.7 Å². The van der Waals surface area contributed by atoms with Crippen LogP contribution in [0.5, 0.6) is 0 Å². The van der Waals surface area contributed by atoms with E-state index in [1.54, 1.807) is 6.07 Å². The number of hydrogen-bond acceptors (Lipinski definition) is 2. The average Bonchev–Trinajstić information content (AvgIpc) is 2.81. The molecule has 1 atom stereocenters. The number of imidazole rings is 1. The molecule has 108 valence electrons. The Morgan fingerprint density at radius 2 is 1.95 bits per heavy atom. The molecule has 4 heteroatoms. The SMILES string of the molecule is Cc1ccc(F)cc1NC(C)c1nc2ccccc2n1C. The Bertz CT molecular complexity index is 792. The molecule has 0 spiro atoms. The third-order valence-corrected chi connectivity index (χ3v) is 3.78. The summed E-state index contributed by atoms with van der Waals surface area (Å²) in [6, 6.07) is 12.8. The molecule has 0 saturated carbocycles. The molecule has 0 aliphatic carbocycles. The highest BCUT2D eigenvalue weighted by molar-refractivity contribution is 5.76. The van der Waals surface area contributed by atoms with Crippen molar-refractivity contribution in [3.8, 4) is 0 Å². The number of fused-ring (bicyclic) bond motifs is 1. The largest absolute Gasteiger partial charge is 0.375 e. The van der Waals surface area contributed by atoms with Gasteiger partial charge in [0.05, 0.1) is 17.1 Å². The summed E-state index contributed by atoms with van der Waals surface area (Å²) >= 11 is 0. The number of anilines is 1. The number of nitrogens with one attached hydrogen (secondary N) is 1. The minimum absolute atomic E-state index is 0.0112. The summed E-state index contributed by atoms with van der Waals surface area (Å²) in [6.07, 6.45) is 0. The molecule has 3 rings (SSSR count). The molecule has 21 heavy (non-hydrogen) atoms. The lowest BCUT2D eigenvalue weighted by molar-refractivity contribution is 0.627. The fourth-order valence-corrected chi connectivity index (χ4v) is 2.60. The van der Waals surface area contributed by atoms with Gasteiger partial charge in [-0.3, -0.25) is 0 Å². The molecule has 1 unspecified atom stereocenters. The fraction of sp³-hybridized carbons (Fsp3) is 0.235. The van der Waals surface area contributed by atoms with Crippen molar-refractivity contribution in [3.05, 3.63) is 59.7 Å². The molecule has 1 heterocycles. The van der Waals surface area contributed by atoms with Gasteiger partial charge in [0, 0.05) is 12.7 Å². The topological polar surface area (TPSA) is 29.9 Å². The predicted octanol–water partition coefficient (Wildman–Crippen LogP) is 4.19. The summed E-state index contributed by atoms with van der Waals surface area (Å²) in [6.45, 7) is 4.00. The van der Waals surface area contributed by atoms with E-state index >= 15 is 0 Å². The summed E-state index contributed by atoms with van der Waals surface area (Å²) in [5.41, 5.74) is 3.88. The zero-order valence-corrected chi connectivity index (χ0v) is 12.4. The van der Waals surface area contributed by atoms with E-state index in [4.69, 9.17) is 0 Å². The van der Waals surface area contributed by atoms with E-state index in [0.29, 0.717) is 0 Å². The zero-order chi connectivity index (χ0) is 15.0.